The molecule has 0 spiro atoms. The smallest absolute Gasteiger partial charge is 0.135 e. The molecule has 2 atom stereocenters. The van der Waals surface area contributed by atoms with E-state index in [1.807, 2.05) is 27.7 Å². The van der Waals surface area contributed by atoms with Crippen molar-refractivity contribution in [2.24, 2.45) is 5.92 Å². The molecule has 0 aromatic carbocycles. The van der Waals surface area contributed by atoms with Crippen molar-refractivity contribution in [3.05, 3.63) is 11.9 Å². The molecule has 96 valence electrons. The molecule has 5 nitrogen and oxygen atoms in total. The fraction of sp³-hybridized carbons (Fsp3) is 0.667. The van der Waals surface area contributed by atoms with Crippen LogP contribution < -0.4 is 11.1 Å². The monoisotopic (exact) mass is 238 g/mol. The summed E-state index contributed by atoms with van der Waals surface area (Å²) in [5, 5.41) is 12.3. The first kappa shape index (κ1) is 13.7. The van der Waals surface area contributed by atoms with Gasteiger partial charge in [-0.15, -0.1) is 0 Å². The minimum Gasteiger partial charge on any atom is -0.396 e. The van der Waals surface area contributed by atoms with E-state index < -0.39 is 0 Å². The molecule has 0 bridgehead atoms. The molecule has 1 aromatic rings. The summed E-state index contributed by atoms with van der Waals surface area (Å²) in [6.07, 6.45) is 0. The van der Waals surface area contributed by atoms with Gasteiger partial charge in [0.2, 0.25) is 0 Å². The van der Waals surface area contributed by atoms with Crippen LogP contribution >= 0.6 is 0 Å². The van der Waals surface area contributed by atoms with E-state index in [2.05, 4.69) is 15.3 Å². The summed E-state index contributed by atoms with van der Waals surface area (Å²) >= 11 is 0. The van der Waals surface area contributed by atoms with Gasteiger partial charge >= 0.3 is 0 Å². The standard InChI is InChI=1S/C12H22N4O/c1-7(2)12-15-10(13)5-11(16-12)14-9(4)8(3)6-17/h5,7-9,17H,6H2,1-4H3,(H3,13,14,15,16). The fourth-order valence-electron chi connectivity index (χ4n) is 1.35. The predicted molar refractivity (Wildman–Crippen MR) is 69.9 cm³/mol. The van der Waals surface area contributed by atoms with Crippen LogP contribution in [0.15, 0.2) is 6.07 Å². The number of nitrogens with two attached hydrogens (primary N) is 1. The topological polar surface area (TPSA) is 84.1 Å². The Balaban J connectivity index is 2.84. The van der Waals surface area contributed by atoms with Gasteiger partial charge in [-0.1, -0.05) is 20.8 Å². The first-order chi connectivity index (χ1) is 7.93. The van der Waals surface area contributed by atoms with E-state index >= 15 is 0 Å². The Morgan fingerprint density at radius 2 is 1.94 bits per heavy atom. The minimum atomic E-state index is 0.134. The van der Waals surface area contributed by atoms with Gasteiger partial charge in [0.05, 0.1) is 0 Å². The molecule has 1 rings (SSSR count). The SMILES string of the molecule is CC(C)c1nc(N)cc(NC(C)C(C)CO)n1. The van der Waals surface area contributed by atoms with Crippen molar-refractivity contribution in [2.75, 3.05) is 17.7 Å². The van der Waals surface area contributed by atoms with E-state index in [-0.39, 0.29) is 24.5 Å². The van der Waals surface area contributed by atoms with Gasteiger partial charge in [0.15, 0.2) is 0 Å². The maximum atomic E-state index is 9.08. The van der Waals surface area contributed by atoms with Gasteiger partial charge in [0, 0.05) is 24.6 Å². The van der Waals surface area contributed by atoms with E-state index in [0.717, 1.165) is 5.82 Å². The van der Waals surface area contributed by atoms with E-state index in [1.165, 1.54) is 0 Å². The second-order valence-electron chi connectivity index (χ2n) is 4.78. The molecule has 0 fully saturated rings. The number of rotatable bonds is 5. The van der Waals surface area contributed by atoms with E-state index in [9.17, 15) is 0 Å². The highest BCUT2D eigenvalue weighted by atomic mass is 16.3. The van der Waals surface area contributed by atoms with E-state index in [4.69, 9.17) is 10.8 Å². The number of aromatic nitrogens is 2. The van der Waals surface area contributed by atoms with Crippen LogP contribution in [0.3, 0.4) is 0 Å². The predicted octanol–water partition coefficient (Wildman–Crippen LogP) is 1.61. The molecule has 17 heavy (non-hydrogen) atoms. The van der Waals surface area contributed by atoms with Crippen LogP contribution in [0.5, 0.6) is 0 Å². The zero-order chi connectivity index (χ0) is 13.0. The normalized spacial score (nSPS) is 14.7. The molecule has 0 aliphatic rings. The number of nitrogen functional groups attached to an aromatic ring is 1. The van der Waals surface area contributed by atoms with Crippen LogP contribution in [0.2, 0.25) is 0 Å². The van der Waals surface area contributed by atoms with Crippen molar-refractivity contribution in [3.63, 3.8) is 0 Å². The van der Waals surface area contributed by atoms with Crippen LogP contribution in [0, 0.1) is 5.92 Å². The Morgan fingerprint density at radius 1 is 1.29 bits per heavy atom. The average molecular weight is 238 g/mol. The lowest BCUT2D eigenvalue weighted by atomic mass is 10.1. The number of aliphatic hydroxyl groups excluding tert-OH is 1. The fourth-order valence-corrected chi connectivity index (χ4v) is 1.35. The Kier molecular flexibility index (Phi) is 4.69. The number of hydrogen-bond donors (Lipinski definition) is 3. The molecule has 2 unspecified atom stereocenters. The average Bonchev–Trinajstić information content (AvgIpc) is 2.26. The van der Waals surface area contributed by atoms with Gasteiger partial charge in [0.25, 0.3) is 0 Å². The molecule has 0 aliphatic heterocycles. The summed E-state index contributed by atoms with van der Waals surface area (Å²) in [6.45, 7) is 8.18. The quantitative estimate of drug-likeness (QED) is 0.725. The van der Waals surface area contributed by atoms with Crippen molar-refractivity contribution < 1.29 is 5.11 Å². The lowest BCUT2D eigenvalue weighted by Crippen LogP contribution is -2.27. The Labute approximate surface area is 102 Å². The highest BCUT2D eigenvalue weighted by molar-refractivity contribution is 5.45. The van der Waals surface area contributed by atoms with Crippen LogP contribution in [0.25, 0.3) is 0 Å². The lowest BCUT2D eigenvalue weighted by molar-refractivity contribution is 0.226. The van der Waals surface area contributed by atoms with Crippen molar-refractivity contribution in [3.8, 4) is 0 Å². The van der Waals surface area contributed by atoms with Crippen molar-refractivity contribution >= 4 is 11.6 Å². The lowest BCUT2D eigenvalue weighted by Gasteiger charge is -2.20. The van der Waals surface area contributed by atoms with Gasteiger partial charge in [-0.2, -0.15) is 0 Å². The maximum absolute atomic E-state index is 9.08. The molecular formula is C12H22N4O. The highest BCUT2D eigenvalue weighted by Gasteiger charge is 2.13. The van der Waals surface area contributed by atoms with E-state index in [1.54, 1.807) is 6.07 Å². The summed E-state index contributed by atoms with van der Waals surface area (Å²) in [4.78, 5) is 8.59. The maximum Gasteiger partial charge on any atom is 0.135 e. The third-order valence-electron chi connectivity index (χ3n) is 2.80. The summed E-state index contributed by atoms with van der Waals surface area (Å²) in [7, 11) is 0. The van der Waals surface area contributed by atoms with Crippen molar-refractivity contribution in [2.45, 2.75) is 39.7 Å². The Morgan fingerprint density at radius 3 is 2.47 bits per heavy atom. The van der Waals surface area contributed by atoms with Crippen molar-refractivity contribution in [1.29, 1.82) is 0 Å². The summed E-state index contributed by atoms with van der Waals surface area (Å²) in [5.74, 6) is 2.32. The first-order valence-corrected chi connectivity index (χ1v) is 5.96. The second-order valence-corrected chi connectivity index (χ2v) is 4.78. The number of anilines is 2. The molecular weight excluding hydrogens is 216 g/mol. The molecule has 1 aromatic heterocycles. The first-order valence-electron chi connectivity index (χ1n) is 5.96. The molecule has 0 radical (unpaired) electrons. The van der Waals surface area contributed by atoms with Gasteiger partial charge in [0.1, 0.15) is 17.5 Å². The second kappa shape index (κ2) is 5.82. The number of nitrogens with zero attached hydrogens (tertiary/aromatic N) is 2. The van der Waals surface area contributed by atoms with Gasteiger partial charge < -0.3 is 16.2 Å². The zero-order valence-corrected chi connectivity index (χ0v) is 10.9. The van der Waals surface area contributed by atoms with Crippen LogP contribution in [-0.4, -0.2) is 27.7 Å². The molecule has 0 amide bonds. The summed E-state index contributed by atoms with van der Waals surface area (Å²) in [5.41, 5.74) is 5.74. The summed E-state index contributed by atoms with van der Waals surface area (Å²) < 4.78 is 0. The van der Waals surface area contributed by atoms with Crippen LogP contribution in [0.1, 0.15) is 39.4 Å². The van der Waals surface area contributed by atoms with Crippen molar-refractivity contribution in [1.82, 2.24) is 9.97 Å². The van der Waals surface area contributed by atoms with Gasteiger partial charge in [-0.25, -0.2) is 9.97 Å². The zero-order valence-electron chi connectivity index (χ0n) is 10.9. The minimum absolute atomic E-state index is 0.134. The largest absolute Gasteiger partial charge is 0.396 e. The van der Waals surface area contributed by atoms with Crippen LogP contribution in [0.4, 0.5) is 11.6 Å². The molecule has 1 heterocycles. The van der Waals surface area contributed by atoms with Crippen LogP contribution in [-0.2, 0) is 0 Å². The number of hydrogen-bond acceptors (Lipinski definition) is 5. The molecule has 0 saturated heterocycles. The Hall–Kier alpha value is -1.36. The van der Waals surface area contributed by atoms with Gasteiger partial charge in [-0.05, 0) is 12.8 Å². The number of aliphatic hydroxyl groups is 1. The highest BCUT2D eigenvalue weighted by Crippen LogP contribution is 2.17. The Bertz CT molecular complexity index is 368. The summed E-state index contributed by atoms with van der Waals surface area (Å²) in [6, 6.07) is 1.85. The molecule has 0 saturated carbocycles. The number of nitrogens with one attached hydrogen (secondary N) is 1. The third-order valence-corrected chi connectivity index (χ3v) is 2.80. The molecule has 4 N–H and O–H groups in total. The molecule has 5 heteroatoms. The van der Waals surface area contributed by atoms with Gasteiger partial charge in [-0.3, -0.25) is 0 Å². The van der Waals surface area contributed by atoms with E-state index in [0.29, 0.717) is 11.6 Å². The molecule has 0 aliphatic carbocycles. The third kappa shape index (κ3) is 3.85.